The van der Waals surface area contributed by atoms with Gasteiger partial charge in [-0.3, -0.25) is 4.31 Å². The zero-order chi connectivity index (χ0) is 10.1. The van der Waals surface area contributed by atoms with Crippen LogP contribution in [0.3, 0.4) is 0 Å². The van der Waals surface area contributed by atoms with E-state index in [1.54, 1.807) is 0 Å². The molecular weight excluding hydrogens is 261 g/mol. The lowest BCUT2D eigenvalue weighted by Gasteiger charge is -2.13. The number of halogens is 3. The fourth-order valence-electron chi connectivity index (χ4n) is 1.07. The van der Waals surface area contributed by atoms with E-state index >= 15 is 0 Å². The van der Waals surface area contributed by atoms with Crippen molar-refractivity contribution in [1.82, 2.24) is 0 Å². The summed E-state index contributed by atoms with van der Waals surface area (Å²) in [7, 11) is 0. The molecular formula is C9H6Cl3NS. The van der Waals surface area contributed by atoms with Crippen LogP contribution in [0.4, 0.5) is 5.69 Å². The number of anilines is 1. The molecule has 0 amide bonds. The van der Waals surface area contributed by atoms with Crippen molar-refractivity contribution in [3.63, 3.8) is 0 Å². The molecule has 1 heterocycles. The second-order valence-corrected chi connectivity index (χ2v) is 5.38. The predicted molar refractivity (Wildman–Crippen MR) is 65.1 cm³/mol. The lowest BCUT2D eigenvalue weighted by atomic mass is 10.3. The first-order chi connectivity index (χ1) is 6.66. The zero-order valence-corrected chi connectivity index (χ0v) is 10.0. The van der Waals surface area contributed by atoms with E-state index in [1.165, 1.54) is 11.9 Å². The van der Waals surface area contributed by atoms with E-state index < -0.39 is 0 Å². The van der Waals surface area contributed by atoms with Crippen LogP contribution in [0.15, 0.2) is 35.5 Å². The highest BCUT2D eigenvalue weighted by molar-refractivity contribution is 8.03. The van der Waals surface area contributed by atoms with Crippen LogP contribution in [-0.2, 0) is 0 Å². The van der Waals surface area contributed by atoms with Gasteiger partial charge in [-0.05, 0) is 36.2 Å². The van der Waals surface area contributed by atoms with Gasteiger partial charge in [-0.1, -0.05) is 23.2 Å². The van der Waals surface area contributed by atoms with Crippen molar-refractivity contribution in [3.05, 3.63) is 40.5 Å². The third-order valence-electron chi connectivity index (χ3n) is 1.74. The SMILES string of the molecule is ClC1=CN(c2ccc(Cl)cc2)SC1Cl. The van der Waals surface area contributed by atoms with E-state index in [0.29, 0.717) is 5.03 Å². The van der Waals surface area contributed by atoms with E-state index in [9.17, 15) is 0 Å². The minimum Gasteiger partial charge on any atom is -0.289 e. The molecule has 0 N–H and O–H groups in total. The largest absolute Gasteiger partial charge is 0.289 e. The molecule has 1 aliphatic rings. The lowest BCUT2D eigenvalue weighted by Crippen LogP contribution is -2.01. The van der Waals surface area contributed by atoms with E-state index in [-0.39, 0.29) is 4.71 Å². The average molecular weight is 267 g/mol. The Labute approximate surface area is 102 Å². The van der Waals surface area contributed by atoms with Gasteiger partial charge < -0.3 is 0 Å². The molecule has 2 rings (SSSR count). The van der Waals surface area contributed by atoms with Crippen LogP contribution < -0.4 is 4.31 Å². The summed E-state index contributed by atoms with van der Waals surface area (Å²) in [6.45, 7) is 0. The predicted octanol–water partition coefficient (Wildman–Crippen LogP) is 4.45. The Balaban J connectivity index is 2.22. The van der Waals surface area contributed by atoms with Crippen molar-refractivity contribution in [2.45, 2.75) is 4.71 Å². The van der Waals surface area contributed by atoms with Crippen LogP contribution >= 0.6 is 46.8 Å². The molecule has 0 spiro atoms. The molecule has 0 saturated carbocycles. The van der Waals surface area contributed by atoms with Gasteiger partial charge >= 0.3 is 0 Å². The van der Waals surface area contributed by atoms with Gasteiger partial charge in [-0.2, -0.15) is 0 Å². The number of nitrogens with zero attached hydrogens (tertiary/aromatic N) is 1. The van der Waals surface area contributed by atoms with Gasteiger partial charge in [0.1, 0.15) is 4.71 Å². The summed E-state index contributed by atoms with van der Waals surface area (Å²) < 4.78 is 1.74. The second kappa shape index (κ2) is 4.23. The summed E-state index contributed by atoms with van der Waals surface area (Å²) in [5, 5.41) is 1.36. The van der Waals surface area contributed by atoms with Crippen LogP contribution in [0.25, 0.3) is 0 Å². The molecule has 1 nitrogen and oxygen atoms in total. The summed E-state index contributed by atoms with van der Waals surface area (Å²) in [4.78, 5) is 0. The smallest absolute Gasteiger partial charge is 0.136 e. The van der Waals surface area contributed by atoms with Crippen LogP contribution in [0.1, 0.15) is 0 Å². The van der Waals surface area contributed by atoms with Crippen LogP contribution in [0, 0.1) is 0 Å². The Bertz CT molecular complexity index is 363. The Morgan fingerprint density at radius 3 is 2.29 bits per heavy atom. The highest BCUT2D eigenvalue weighted by Gasteiger charge is 2.22. The highest BCUT2D eigenvalue weighted by Crippen LogP contribution is 2.40. The van der Waals surface area contributed by atoms with Crippen molar-refractivity contribution >= 4 is 52.4 Å². The van der Waals surface area contributed by atoms with Gasteiger partial charge in [0.25, 0.3) is 0 Å². The second-order valence-electron chi connectivity index (χ2n) is 2.74. The topological polar surface area (TPSA) is 3.24 Å². The zero-order valence-electron chi connectivity index (χ0n) is 6.95. The summed E-state index contributed by atoms with van der Waals surface area (Å²) in [5.74, 6) is 0. The maximum absolute atomic E-state index is 5.93. The number of hydrogen-bond acceptors (Lipinski definition) is 2. The lowest BCUT2D eigenvalue weighted by molar-refractivity contribution is 1.46. The van der Waals surface area contributed by atoms with Crippen LogP contribution in [-0.4, -0.2) is 4.71 Å². The Kier molecular flexibility index (Phi) is 3.17. The number of rotatable bonds is 1. The molecule has 0 saturated heterocycles. The normalized spacial score (nSPS) is 21.2. The molecule has 1 unspecified atom stereocenters. The molecule has 74 valence electrons. The maximum atomic E-state index is 5.93. The average Bonchev–Trinajstić information content (AvgIpc) is 2.48. The summed E-state index contributed by atoms with van der Waals surface area (Å²) in [5.41, 5.74) is 1.01. The number of hydrogen-bond donors (Lipinski definition) is 0. The molecule has 0 radical (unpaired) electrons. The van der Waals surface area contributed by atoms with Crippen LogP contribution in [0.2, 0.25) is 5.02 Å². The maximum Gasteiger partial charge on any atom is 0.136 e. The minimum atomic E-state index is -0.188. The van der Waals surface area contributed by atoms with Crippen molar-refractivity contribution in [2.24, 2.45) is 0 Å². The Hall–Kier alpha value is -0.0200. The molecule has 1 aromatic carbocycles. The van der Waals surface area contributed by atoms with Crippen molar-refractivity contribution in [1.29, 1.82) is 0 Å². The molecule has 14 heavy (non-hydrogen) atoms. The van der Waals surface area contributed by atoms with E-state index in [4.69, 9.17) is 34.8 Å². The monoisotopic (exact) mass is 265 g/mol. The third-order valence-corrected chi connectivity index (χ3v) is 4.01. The van der Waals surface area contributed by atoms with E-state index in [2.05, 4.69) is 0 Å². The molecule has 0 aliphatic carbocycles. The van der Waals surface area contributed by atoms with Gasteiger partial charge in [-0.25, -0.2) is 0 Å². The minimum absolute atomic E-state index is 0.188. The first-order valence-corrected chi connectivity index (χ1v) is 5.92. The van der Waals surface area contributed by atoms with E-state index in [1.807, 2.05) is 34.8 Å². The highest BCUT2D eigenvalue weighted by atomic mass is 35.5. The van der Waals surface area contributed by atoms with Crippen molar-refractivity contribution in [3.8, 4) is 0 Å². The van der Waals surface area contributed by atoms with Gasteiger partial charge in [0.15, 0.2) is 0 Å². The van der Waals surface area contributed by atoms with E-state index in [0.717, 1.165) is 10.7 Å². The third kappa shape index (κ3) is 2.14. The van der Waals surface area contributed by atoms with Gasteiger partial charge in [0.05, 0.1) is 10.7 Å². The fraction of sp³-hybridized carbons (Fsp3) is 0.111. The Morgan fingerprint density at radius 2 is 1.79 bits per heavy atom. The van der Waals surface area contributed by atoms with Crippen LogP contribution in [0.5, 0.6) is 0 Å². The molecule has 1 atom stereocenters. The van der Waals surface area contributed by atoms with Crippen molar-refractivity contribution < 1.29 is 0 Å². The first-order valence-electron chi connectivity index (χ1n) is 3.89. The van der Waals surface area contributed by atoms with Gasteiger partial charge in [0.2, 0.25) is 0 Å². The number of alkyl halides is 1. The molecule has 1 aliphatic heterocycles. The fourth-order valence-corrected chi connectivity index (χ4v) is 2.57. The molecule has 0 fully saturated rings. The van der Waals surface area contributed by atoms with Gasteiger partial charge in [0, 0.05) is 11.2 Å². The molecule has 0 bridgehead atoms. The molecule has 5 heteroatoms. The molecule has 0 aromatic heterocycles. The van der Waals surface area contributed by atoms with Crippen molar-refractivity contribution in [2.75, 3.05) is 4.31 Å². The Morgan fingerprint density at radius 1 is 1.14 bits per heavy atom. The summed E-state index contributed by atoms with van der Waals surface area (Å²) >= 11 is 19.1. The number of benzene rings is 1. The molecule has 1 aromatic rings. The quantitative estimate of drug-likeness (QED) is 0.545. The van der Waals surface area contributed by atoms with Gasteiger partial charge in [-0.15, -0.1) is 11.6 Å². The first kappa shape index (κ1) is 10.5. The summed E-state index contributed by atoms with van der Waals surface area (Å²) in [6, 6.07) is 7.51. The summed E-state index contributed by atoms with van der Waals surface area (Å²) in [6.07, 6.45) is 1.81. The standard InChI is InChI=1S/C9H6Cl3NS/c10-6-1-3-7(4-2-6)13-5-8(11)9(12)14-13/h1-5,9H.